The Morgan fingerprint density at radius 1 is 1.50 bits per heavy atom. The SMILES string of the molecule is CC(=O)OCCc1cc(Cl)cc(Br)c1. The van der Waals surface area contributed by atoms with Crippen LogP contribution in [0.5, 0.6) is 0 Å². The summed E-state index contributed by atoms with van der Waals surface area (Å²) in [5.74, 6) is -0.258. The Hall–Kier alpha value is -0.540. The predicted octanol–water partition coefficient (Wildman–Crippen LogP) is 3.21. The van der Waals surface area contributed by atoms with Gasteiger partial charge in [-0.25, -0.2) is 0 Å². The van der Waals surface area contributed by atoms with E-state index in [1.165, 1.54) is 6.92 Å². The standard InChI is InChI=1S/C10H10BrClO2/c1-7(13)14-3-2-8-4-9(11)6-10(12)5-8/h4-6H,2-3H2,1H3. The van der Waals surface area contributed by atoms with E-state index in [0.717, 1.165) is 10.0 Å². The van der Waals surface area contributed by atoms with Gasteiger partial charge in [0.1, 0.15) is 0 Å². The molecule has 4 heteroatoms. The summed E-state index contributed by atoms with van der Waals surface area (Å²) in [5, 5.41) is 0.678. The van der Waals surface area contributed by atoms with Gasteiger partial charge in [-0.05, 0) is 23.8 Å². The van der Waals surface area contributed by atoms with Crippen molar-refractivity contribution in [2.75, 3.05) is 6.61 Å². The van der Waals surface area contributed by atoms with Crippen LogP contribution in [-0.2, 0) is 16.0 Å². The van der Waals surface area contributed by atoms with E-state index >= 15 is 0 Å². The number of halogens is 2. The van der Waals surface area contributed by atoms with E-state index in [1.807, 2.05) is 18.2 Å². The number of carbonyl (C=O) groups excluding carboxylic acids is 1. The number of rotatable bonds is 3. The number of benzene rings is 1. The van der Waals surface area contributed by atoms with Crippen molar-refractivity contribution in [3.8, 4) is 0 Å². The van der Waals surface area contributed by atoms with Crippen LogP contribution in [0.2, 0.25) is 5.02 Å². The van der Waals surface area contributed by atoms with E-state index in [2.05, 4.69) is 15.9 Å². The van der Waals surface area contributed by atoms with Crippen molar-refractivity contribution in [1.82, 2.24) is 0 Å². The quantitative estimate of drug-likeness (QED) is 0.793. The van der Waals surface area contributed by atoms with Crippen LogP contribution in [-0.4, -0.2) is 12.6 Å². The predicted molar refractivity (Wildman–Crippen MR) is 59.5 cm³/mol. The third kappa shape index (κ3) is 4.11. The second-order valence-corrected chi connectivity index (χ2v) is 4.22. The van der Waals surface area contributed by atoms with Gasteiger partial charge in [0.2, 0.25) is 0 Å². The lowest BCUT2D eigenvalue weighted by atomic mass is 10.2. The third-order valence-corrected chi connectivity index (χ3v) is 2.29. The highest BCUT2D eigenvalue weighted by Gasteiger charge is 1.99. The fraction of sp³-hybridized carbons (Fsp3) is 0.300. The van der Waals surface area contributed by atoms with Crippen molar-refractivity contribution >= 4 is 33.5 Å². The molecule has 0 aromatic heterocycles. The van der Waals surface area contributed by atoms with Crippen LogP contribution in [0.4, 0.5) is 0 Å². The number of hydrogen-bond donors (Lipinski definition) is 0. The van der Waals surface area contributed by atoms with Crippen LogP contribution >= 0.6 is 27.5 Å². The average molecular weight is 278 g/mol. The molecule has 0 amide bonds. The van der Waals surface area contributed by atoms with Gasteiger partial charge in [0.25, 0.3) is 0 Å². The maximum absolute atomic E-state index is 10.5. The molecule has 0 heterocycles. The molecule has 0 spiro atoms. The lowest BCUT2D eigenvalue weighted by Crippen LogP contribution is -2.03. The monoisotopic (exact) mass is 276 g/mol. The van der Waals surface area contributed by atoms with Crippen molar-refractivity contribution in [2.45, 2.75) is 13.3 Å². The van der Waals surface area contributed by atoms with Gasteiger partial charge < -0.3 is 4.74 Å². The fourth-order valence-electron chi connectivity index (χ4n) is 1.07. The van der Waals surface area contributed by atoms with Crippen LogP contribution in [0.15, 0.2) is 22.7 Å². The summed E-state index contributed by atoms with van der Waals surface area (Å²) in [5.41, 5.74) is 1.05. The van der Waals surface area contributed by atoms with Gasteiger partial charge in [-0.1, -0.05) is 27.5 Å². The minimum atomic E-state index is -0.258. The normalized spacial score (nSPS) is 9.93. The van der Waals surface area contributed by atoms with Crippen LogP contribution < -0.4 is 0 Å². The molecule has 0 atom stereocenters. The van der Waals surface area contributed by atoms with Crippen molar-refractivity contribution in [3.63, 3.8) is 0 Å². The molecule has 2 nitrogen and oxygen atoms in total. The second kappa shape index (κ2) is 5.37. The molecule has 0 N–H and O–H groups in total. The molecule has 0 aliphatic carbocycles. The van der Waals surface area contributed by atoms with Crippen LogP contribution in [0, 0.1) is 0 Å². The molecule has 0 saturated carbocycles. The van der Waals surface area contributed by atoms with E-state index in [0.29, 0.717) is 18.1 Å². The highest BCUT2D eigenvalue weighted by Crippen LogP contribution is 2.19. The Kier molecular flexibility index (Phi) is 4.42. The molecule has 0 unspecified atom stereocenters. The summed E-state index contributed by atoms with van der Waals surface area (Å²) in [6.07, 6.45) is 0.679. The Balaban J connectivity index is 2.54. The molecule has 0 aliphatic heterocycles. The minimum Gasteiger partial charge on any atom is -0.466 e. The summed E-state index contributed by atoms with van der Waals surface area (Å²) < 4.78 is 5.76. The van der Waals surface area contributed by atoms with Gasteiger partial charge in [0, 0.05) is 22.8 Å². The summed E-state index contributed by atoms with van der Waals surface area (Å²) in [6.45, 7) is 1.79. The lowest BCUT2D eigenvalue weighted by Gasteiger charge is -2.03. The van der Waals surface area contributed by atoms with Gasteiger partial charge in [-0.3, -0.25) is 4.79 Å². The highest BCUT2D eigenvalue weighted by molar-refractivity contribution is 9.10. The van der Waals surface area contributed by atoms with Crippen molar-refractivity contribution < 1.29 is 9.53 Å². The Labute approximate surface area is 96.3 Å². The molecule has 0 fully saturated rings. The molecule has 1 rings (SSSR count). The van der Waals surface area contributed by atoms with Gasteiger partial charge in [-0.2, -0.15) is 0 Å². The molecule has 0 radical (unpaired) electrons. The first-order valence-corrected chi connectivity index (χ1v) is 5.33. The number of ether oxygens (including phenoxy) is 1. The largest absolute Gasteiger partial charge is 0.466 e. The molecule has 14 heavy (non-hydrogen) atoms. The lowest BCUT2D eigenvalue weighted by molar-refractivity contribution is -0.140. The molecule has 0 bridgehead atoms. The van der Waals surface area contributed by atoms with E-state index in [4.69, 9.17) is 16.3 Å². The van der Waals surface area contributed by atoms with Gasteiger partial charge in [-0.15, -0.1) is 0 Å². The number of esters is 1. The fourth-order valence-corrected chi connectivity index (χ4v) is 2.00. The van der Waals surface area contributed by atoms with Crippen molar-refractivity contribution in [2.24, 2.45) is 0 Å². The molecular weight excluding hydrogens is 267 g/mol. The first kappa shape index (κ1) is 11.5. The van der Waals surface area contributed by atoms with Crippen molar-refractivity contribution in [1.29, 1.82) is 0 Å². The Bertz CT molecular complexity index is 319. The summed E-state index contributed by atoms with van der Waals surface area (Å²) in [7, 11) is 0. The molecule has 1 aromatic carbocycles. The summed E-state index contributed by atoms with van der Waals surface area (Å²) >= 11 is 9.20. The first-order chi connectivity index (χ1) is 6.58. The number of carbonyl (C=O) groups is 1. The minimum absolute atomic E-state index is 0.258. The van der Waals surface area contributed by atoms with Crippen molar-refractivity contribution in [3.05, 3.63) is 33.3 Å². The third-order valence-electron chi connectivity index (χ3n) is 1.62. The number of hydrogen-bond acceptors (Lipinski definition) is 2. The Morgan fingerprint density at radius 3 is 2.79 bits per heavy atom. The zero-order valence-electron chi connectivity index (χ0n) is 7.72. The highest BCUT2D eigenvalue weighted by atomic mass is 79.9. The smallest absolute Gasteiger partial charge is 0.302 e. The van der Waals surface area contributed by atoms with E-state index in [9.17, 15) is 4.79 Å². The molecule has 0 aliphatic rings. The Morgan fingerprint density at radius 2 is 2.21 bits per heavy atom. The van der Waals surface area contributed by atoms with Crippen LogP contribution in [0.3, 0.4) is 0 Å². The average Bonchev–Trinajstić information content (AvgIpc) is 2.01. The van der Waals surface area contributed by atoms with E-state index in [1.54, 1.807) is 0 Å². The zero-order chi connectivity index (χ0) is 10.6. The second-order valence-electron chi connectivity index (χ2n) is 2.87. The molecule has 1 aromatic rings. The maximum atomic E-state index is 10.5. The zero-order valence-corrected chi connectivity index (χ0v) is 10.1. The van der Waals surface area contributed by atoms with Crippen LogP contribution in [0.1, 0.15) is 12.5 Å². The van der Waals surface area contributed by atoms with Gasteiger partial charge in [0.05, 0.1) is 6.61 Å². The van der Waals surface area contributed by atoms with Crippen LogP contribution in [0.25, 0.3) is 0 Å². The van der Waals surface area contributed by atoms with E-state index in [-0.39, 0.29) is 5.97 Å². The molecular formula is C10H10BrClO2. The van der Waals surface area contributed by atoms with Gasteiger partial charge >= 0.3 is 5.97 Å². The van der Waals surface area contributed by atoms with Gasteiger partial charge in [0.15, 0.2) is 0 Å². The molecule has 0 saturated heterocycles. The van der Waals surface area contributed by atoms with E-state index < -0.39 is 0 Å². The topological polar surface area (TPSA) is 26.3 Å². The first-order valence-electron chi connectivity index (χ1n) is 4.16. The summed E-state index contributed by atoms with van der Waals surface area (Å²) in [6, 6.07) is 5.63. The molecule has 76 valence electrons. The summed E-state index contributed by atoms with van der Waals surface area (Å²) in [4.78, 5) is 10.5. The maximum Gasteiger partial charge on any atom is 0.302 e.